The predicted octanol–water partition coefficient (Wildman–Crippen LogP) is 3.77. The van der Waals surface area contributed by atoms with Crippen molar-refractivity contribution in [3.8, 4) is 11.6 Å². The van der Waals surface area contributed by atoms with Gasteiger partial charge in [-0.05, 0) is 30.3 Å². The van der Waals surface area contributed by atoms with E-state index in [-0.39, 0.29) is 11.3 Å². The summed E-state index contributed by atoms with van der Waals surface area (Å²) in [5.41, 5.74) is 0.693. The van der Waals surface area contributed by atoms with Crippen molar-refractivity contribution in [2.45, 2.75) is 0 Å². The maximum Gasteiger partial charge on any atom is 0.339 e. The molecule has 0 aliphatic rings. The van der Waals surface area contributed by atoms with Crippen molar-refractivity contribution < 1.29 is 14.6 Å². The Morgan fingerprint density at radius 3 is 2.76 bits per heavy atom. The molecule has 104 valence electrons. The van der Waals surface area contributed by atoms with E-state index < -0.39 is 5.97 Å². The highest BCUT2D eigenvalue weighted by molar-refractivity contribution is 6.31. The third kappa shape index (κ3) is 2.64. The minimum Gasteiger partial charge on any atom is -0.478 e. The van der Waals surface area contributed by atoms with Gasteiger partial charge in [0.15, 0.2) is 0 Å². The summed E-state index contributed by atoms with van der Waals surface area (Å²) in [7, 11) is 0. The lowest BCUT2D eigenvalue weighted by atomic mass is 10.2. The van der Waals surface area contributed by atoms with Crippen LogP contribution in [0.3, 0.4) is 0 Å². The predicted molar refractivity (Wildman–Crippen MR) is 78.0 cm³/mol. The molecule has 6 heteroatoms. The van der Waals surface area contributed by atoms with E-state index >= 15 is 0 Å². The molecule has 0 fully saturated rings. The molecule has 1 N–H and O–H groups in total. The summed E-state index contributed by atoms with van der Waals surface area (Å²) in [4.78, 5) is 19.4. The number of nitrogens with zero attached hydrogens (tertiary/aromatic N) is 2. The van der Waals surface area contributed by atoms with Crippen molar-refractivity contribution in [3.63, 3.8) is 0 Å². The van der Waals surface area contributed by atoms with Crippen LogP contribution in [-0.2, 0) is 0 Å². The minimum absolute atomic E-state index is 0.0230. The van der Waals surface area contributed by atoms with Gasteiger partial charge in [0.2, 0.25) is 5.88 Å². The van der Waals surface area contributed by atoms with E-state index in [4.69, 9.17) is 16.3 Å². The summed E-state index contributed by atoms with van der Waals surface area (Å²) in [5.74, 6) is -0.646. The van der Waals surface area contributed by atoms with Crippen LogP contribution in [0.5, 0.6) is 11.6 Å². The Labute approximate surface area is 124 Å². The third-order valence-corrected chi connectivity index (χ3v) is 3.12. The highest BCUT2D eigenvalue weighted by Crippen LogP contribution is 2.30. The largest absolute Gasteiger partial charge is 0.478 e. The van der Waals surface area contributed by atoms with Gasteiger partial charge in [-0.1, -0.05) is 23.7 Å². The Bertz CT molecular complexity index is 831. The standard InChI is InChI=1S/C15H9ClN2O3/c16-9-5-6-13(11(7-9)15(19)20)21-14-10-3-1-2-4-12(10)17-8-18-14/h1-8H,(H,19,20). The zero-order chi connectivity index (χ0) is 14.8. The number of aromatic carboxylic acids is 1. The van der Waals surface area contributed by atoms with E-state index in [1.165, 1.54) is 18.5 Å². The molecule has 0 bridgehead atoms. The fourth-order valence-electron chi connectivity index (χ4n) is 1.92. The Balaban J connectivity index is 2.09. The summed E-state index contributed by atoms with van der Waals surface area (Å²) >= 11 is 5.81. The molecule has 0 amide bonds. The Kier molecular flexibility index (Phi) is 3.41. The van der Waals surface area contributed by atoms with Gasteiger partial charge in [0.1, 0.15) is 17.6 Å². The van der Waals surface area contributed by atoms with E-state index in [1.807, 2.05) is 18.2 Å². The Morgan fingerprint density at radius 1 is 1.14 bits per heavy atom. The van der Waals surface area contributed by atoms with E-state index in [1.54, 1.807) is 12.1 Å². The molecule has 3 aromatic rings. The SMILES string of the molecule is O=C(O)c1cc(Cl)ccc1Oc1ncnc2ccccc12. The maximum atomic E-state index is 11.3. The average Bonchev–Trinajstić information content (AvgIpc) is 2.49. The fraction of sp³-hybridized carbons (Fsp3) is 0. The molecule has 1 heterocycles. The number of carbonyl (C=O) groups is 1. The first kappa shape index (κ1) is 13.3. The number of hydrogen-bond donors (Lipinski definition) is 1. The van der Waals surface area contributed by atoms with Crippen LogP contribution in [0.4, 0.5) is 0 Å². The fourth-order valence-corrected chi connectivity index (χ4v) is 2.10. The van der Waals surface area contributed by atoms with Gasteiger partial charge in [-0.15, -0.1) is 0 Å². The molecule has 0 unspecified atom stereocenters. The van der Waals surface area contributed by atoms with Crippen molar-refractivity contribution in [2.75, 3.05) is 0 Å². The molecule has 0 saturated carbocycles. The van der Waals surface area contributed by atoms with Crippen LogP contribution in [0.25, 0.3) is 10.9 Å². The second-order valence-corrected chi connectivity index (χ2v) is 4.68. The number of para-hydroxylation sites is 1. The molecular formula is C15H9ClN2O3. The second-order valence-electron chi connectivity index (χ2n) is 4.24. The molecule has 0 saturated heterocycles. The van der Waals surface area contributed by atoms with Gasteiger partial charge in [0.25, 0.3) is 0 Å². The van der Waals surface area contributed by atoms with Gasteiger partial charge in [-0.3, -0.25) is 0 Å². The molecule has 0 atom stereocenters. The monoisotopic (exact) mass is 300 g/mol. The second kappa shape index (κ2) is 5.38. The van der Waals surface area contributed by atoms with Gasteiger partial charge in [-0.2, -0.15) is 0 Å². The molecule has 3 rings (SSSR count). The van der Waals surface area contributed by atoms with Crippen molar-refractivity contribution in [3.05, 3.63) is 59.4 Å². The lowest BCUT2D eigenvalue weighted by Crippen LogP contribution is -2.01. The molecule has 0 aliphatic carbocycles. The van der Waals surface area contributed by atoms with Crippen molar-refractivity contribution in [2.24, 2.45) is 0 Å². The summed E-state index contributed by atoms with van der Waals surface area (Å²) in [5, 5.41) is 10.2. The first-order chi connectivity index (χ1) is 10.1. The number of carboxylic acid groups (broad SMARTS) is 1. The molecule has 1 aromatic heterocycles. The third-order valence-electron chi connectivity index (χ3n) is 2.88. The number of rotatable bonds is 3. The zero-order valence-electron chi connectivity index (χ0n) is 10.7. The molecule has 0 spiro atoms. The van der Waals surface area contributed by atoms with E-state index in [0.29, 0.717) is 21.8 Å². The minimum atomic E-state index is -1.12. The van der Waals surface area contributed by atoms with Gasteiger partial charge < -0.3 is 9.84 Å². The smallest absolute Gasteiger partial charge is 0.339 e. The molecular weight excluding hydrogens is 292 g/mol. The number of aromatic nitrogens is 2. The normalized spacial score (nSPS) is 10.5. The van der Waals surface area contributed by atoms with Crippen LogP contribution < -0.4 is 4.74 Å². The first-order valence-corrected chi connectivity index (χ1v) is 6.43. The van der Waals surface area contributed by atoms with Gasteiger partial charge in [0.05, 0.1) is 10.9 Å². The average molecular weight is 301 g/mol. The number of carboxylic acids is 1. The maximum absolute atomic E-state index is 11.3. The molecule has 0 aliphatic heterocycles. The summed E-state index contributed by atoms with van der Waals surface area (Å²) < 4.78 is 5.65. The van der Waals surface area contributed by atoms with Crippen LogP contribution in [0.1, 0.15) is 10.4 Å². The van der Waals surface area contributed by atoms with Crippen molar-refractivity contribution >= 4 is 28.5 Å². The van der Waals surface area contributed by atoms with Gasteiger partial charge in [-0.25, -0.2) is 14.8 Å². The van der Waals surface area contributed by atoms with E-state index in [0.717, 1.165) is 0 Å². The van der Waals surface area contributed by atoms with Crippen LogP contribution >= 0.6 is 11.6 Å². The lowest BCUT2D eigenvalue weighted by Gasteiger charge is -2.09. The van der Waals surface area contributed by atoms with Gasteiger partial charge >= 0.3 is 5.97 Å². The molecule has 5 nitrogen and oxygen atoms in total. The van der Waals surface area contributed by atoms with Crippen molar-refractivity contribution in [1.82, 2.24) is 9.97 Å². The Morgan fingerprint density at radius 2 is 1.95 bits per heavy atom. The molecule has 21 heavy (non-hydrogen) atoms. The van der Waals surface area contributed by atoms with E-state index in [2.05, 4.69) is 9.97 Å². The summed E-state index contributed by atoms with van der Waals surface area (Å²) in [6.45, 7) is 0. The van der Waals surface area contributed by atoms with Crippen LogP contribution in [0, 0.1) is 0 Å². The van der Waals surface area contributed by atoms with Crippen LogP contribution in [-0.4, -0.2) is 21.0 Å². The van der Waals surface area contributed by atoms with Gasteiger partial charge in [0, 0.05) is 5.02 Å². The summed E-state index contributed by atoms with van der Waals surface area (Å²) in [6.07, 6.45) is 1.37. The summed E-state index contributed by atoms with van der Waals surface area (Å²) in [6, 6.07) is 11.7. The van der Waals surface area contributed by atoms with Crippen molar-refractivity contribution in [1.29, 1.82) is 0 Å². The van der Waals surface area contributed by atoms with Crippen LogP contribution in [0.2, 0.25) is 5.02 Å². The zero-order valence-corrected chi connectivity index (χ0v) is 11.4. The molecule has 0 radical (unpaired) electrons. The Hall–Kier alpha value is -2.66. The quantitative estimate of drug-likeness (QED) is 0.797. The van der Waals surface area contributed by atoms with Crippen LogP contribution in [0.15, 0.2) is 48.8 Å². The lowest BCUT2D eigenvalue weighted by molar-refractivity contribution is 0.0694. The number of hydrogen-bond acceptors (Lipinski definition) is 4. The number of fused-ring (bicyclic) bond motifs is 1. The topological polar surface area (TPSA) is 72.3 Å². The highest BCUT2D eigenvalue weighted by atomic mass is 35.5. The molecule has 2 aromatic carbocycles. The highest BCUT2D eigenvalue weighted by Gasteiger charge is 2.14. The first-order valence-electron chi connectivity index (χ1n) is 6.05. The van der Waals surface area contributed by atoms with E-state index in [9.17, 15) is 9.90 Å². The number of halogens is 1. The number of benzene rings is 2. The number of ether oxygens (including phenoxy) is 1.